The summed E-state index contributed by atoms with van der Waals surface area (Å²) in [5, 5.41) is 0. The Morgan fingerprint density at radius 3 is 2.68 bits per heavy atom. The number of nitrogens with zero attached hydrogens (tertiary/aromatic N) is 1. The minimum Gasteiger partial charge on any atom is -0.492 e. The Balaban J connectivity index is 2.06. The average molecular weight is 274 g/mol. The van der Waals surface area contributed by atoms with Gasteiger partial charge in [0.25, 0.3) is 0 Å². The molecule has 0 amide bonds. The molecule has 1 saturated heterocycles. The molecule has 0 spiro atoms. The molecule has 0 aliphatic carbocycles. The number of benzene rings is 1. The summed E-state index contributed by atoms with van der Waals surface area (Å²) in [4.78, 5) is 2.15. The molecule has 3 nitrogen and oxygen atoms in total. The monoisotopic (exact) mass is 274 g/mol. The zero-order valence-electron chi connectivity index (χ0n) is 10.7. The molecule has 0 aromatic heterocycles. The summed E-state index contributed by atoms with van der Waals surface area (Å²) < 4.78 is 43.4. The molecule has 0 unspecified atom stereocenters. The summed E-state index contributed by atoms with van der Waals surface area (Å²) in [5.74, 6) is 0.174. The van der Waals surface area contributed by atoms with E-state index in [-0.39, 0.29) is 17.5 Å². The number of nitrogen functional groups attached to an aromatic ring is 1. The molecular weight excluding hydrogens is 257 g/mol. The van der Waals surface area contributed by atoms with Crippen molar-refractivity contribution in [3.05, 3.63) is 23.8 Å². The SMILES string of the molecule is CN1CCC[C@H]1COc1cc(N)cc(C(F)(F)F)c1. The number of anilines is 1. The van der Waals surface area contributed by atoms with E-state index in [9.17, 15) is 13.2 Å². The Morgan fingerprint density at radius 1 is 1.37 bits per heavy atom. The van der Waals surface area contributed by atoms with Crippen molar-refractivity contribution in [2.75, 3.05) is 25.9 Å². The molecule has 0 bridgehead atoms. The van der Waals surface area contributed by atoms with Crippen molar-refractivity contribution in [1.82, 2.24) is 4.90 Å². The molecule has 1 heterocycles. The number of hydrogen-bond acceptors (Lipinski definition) is 3. The van der Waals surface area contributed by atoms with E-state index in [0.717, 1.165) is 31.5 Å². The van der Waals surface area contributed by atoms with Crippen molar-refractivity contribution in [1.29, 1.82) is 0 Å². The molecule has 6 heteroatoms. The van der Waals surface area contributed by atoms with E-state index in [1.165, 1.54) is 6.07 Å². The van der Waals surface area contributed by atoms with E-state index < -0.39 is 11.7 Å². The van der Waals surface area contributed by atoms with Crippen LogP contribution in [0.5, 0.6) is 5.75 Å². The molecule has 1 aliphatic rings. The first-order valence-corrected chi connectivity index (χ1v) is 6.17. The number of ether oxygens (including phenoxy) is 1. The summed E-state index contributed by atoms with van der Waals surface area (Å²) in [6, 6.07) is 3.58. The minimum absolute atomic E-state index is 0.0598. The van der Waals surface area contributed by atoms with Gasteiger partial charge >= 0.3 is 6.18 Å². The lowest BCUT2D eigenvalue weighted by Crippen LogP contribution is -2.30. The second-order valence-electron chi connectivity index (χ2n) is 4.88. The Kier molecular flexibility index (Phi) is 3.89. The molecule has 1 atom stereocenters. The first-order chi connectivity index (χ1) is 8.86. The van der Waals surface area contributed by atoms with E-state index in [4.69, 9.17) is 10.5 Å². The molecule has 106 valence electrons. The van der Waals surface area contributed by atoms with Crippen LogP contribution in [-0.2, 0) is 6.18 Å². The topological polar surface area (TPSA) is 38.5 Å². The summed E-state index contributed by atoms with van der Waals surface area (Å²) >= 11 is 0. The molecule has 0 radical (unpaired) electrons. The van der Waals surface area contributed by atoms with Gasteiger partial charge in [0.2, 0.25) is 0 Å². The van der Waals surface area contributed by atoms with Crippen LogP contribution in [-0.4, -0.2) is 31.1 Å². The molecule has 2 N–H and O–H groups in total. The van der Waals surface area contributed by atoms with Crippen LogP contribution < -0.4 is 10.5 Å². The van der Waals surface area contributed by atoms with Gasteiger partial charge in [0, 0.05) is 17.8 Å². The van der Waals surface area contributed by atoms with Gasteiger partial charge in [-0.05, 0) is 38.6 Å². The van der Waals surface area contributed by atoms with Crippen molar-refractivity contribution in [2.24, 2.45) is 0 Å². The number of nitrogens with two attached hydrogens (primary N) is 1. The maximum Gasteiger partial charge on any atom is 0.416 e. The third-order valence-corrected chi connectivity index (χ3v) is 3.37. The van der Waals surface area contributed by atoms with Gasteiger partial charge in [0.05, 0.1) is 5.56 Å². The molecule has 0 saturated carbocycles. The summed E-state index contributed by atoms with van der Waals surface area (Å²) in [6.45, 7) is 1.38. The third kappa shape index (κ3) is 3.53. The van der Waals surface area contributed by atoms with Gasteiger partial charge in [0.15, 0.2) is 0 Å². The normalized spacial score (nSPS) is 20.7. The molecule has 19 heavy (non-hydrogen) atoms. The first kappa shape index (κ1) is 14.0. The van der Waals surface area contributed by atoms with Gasteiger partial charge in [0.1, 0.15) is 12.4 Å². The minimum atomic E-state index is -4.41. The number of rotatable bonds is 3. The van der Waals surface area contributed by atoms with Crippen molar-refractivity contribution in [3.63, 3.8) is 0 Å². The zero-order chi connectivity index (χ0) is 14.0. The molecular formula is C13H17F3N2O. The fourth-order valence-electron chi connectivity index (χ4n) is 2.25. The highest BCUT2D eigenvalue weighted by molar-refractivity contribution is 5.48. The third-order valence-electron chi connectivity index (χ3n) is 3.37. The van der Waals surface area contributed by atoms with E-state index in [0.29, 0.717) is 6.61 Å². The van der Waals surface area contributed by atoms with Gasteiger partial charge in [-0.3, -0.25) is 0 Å². The number of alkyl halides is 3. The Hall–Kier alpha value is -1.43. The van der Waals surface area contributed by atoms with E-state index in [2.05, 4.69) is 4.90 Å². The Bertz CT molecular complexity index is 448. The van der Waals surface area contributed by atoms with Crippen molar-refractivity contribution in [3.8, 4) is 5.75 Å². The van der Waals surface area contributed by atoms with Crippen molar-refractivity contribution >= 4 is 5.69 Å². The standard InChI is InChI=1S/C13H17F3N2O/c1-18-4-2-3-11(18)8-19-12-6-9(13(14,15)16)5-10(17)7-12/h5-7,11H,2-4,8,17H2,1H3/t11-/m0/s1. The second kappa shape index (κ2) is 5.28. The van der Waals surface area contributed by atoms with E-state index >= 15 is 0 Å². The van der Waals surface area contributed by atoms with Crippen LogP contribution >= 0.6 is 0 Å². The van der Waals surface area contributed by atoms with Crippen molar-refractivity contribution < 1.29 is 17.9 Å². The highest BCUT2D eigenvalue weighted by atomic mass is 19.4. The van der Waals surface area contributed by atoms with Crippen LogP contribution in [0.25, 0.3) is 0 Å². The van der Waals surface area contributed by atoms with E-state index in [1.54, 1.807) is 0 Å². The van der Waals surface area contributed by atoms with Gasteiger partial charge in [-0.1, -0.05) is 0 Å². The summed E-state index contributed by atoms with van der Waals surface area (Å²) in [6.07, 6.45) is -2.31. The average Bonchev–Trinajstić information content (AvgIpc) is 2.70. The zero-order valence-corrected chi connectivity index (χ0v) is 10.7. The first-order valence-electron chi connectivity index (χ1n) is 6.17. The lowest BCUT2D eigenvalue weighted by atomic mass is 10.2. The van der Waals surface area contributed by atoms with Crippen molar-refractivity contribution in [2.45, 2.75) is 25.1 Å². The van der Waals surface area contributed by atoms with Crippen LogP contribution in [0.3, 0.4) is 0 Å². The van der Waals surface area contributed by atoms with Crippen LogP contribution in [0.15, 0.2) is 18.2 Å². The lowest BCUT2D eigenvalue weighted by molar-refractivity contribution is -0.137. The van der Waals surface area contributed by atoms with Crippen LogP contribution in [0, 0.1) is 0 Å². The Morgan fingerprint density at radius 2 is 2.11 bits per heavy atom. The smallest absolute Gasteiger partial charge is 0.416 e. The highest BCUT2D eigenvalue weighted by Gasteiger charge is 2.31. The van der Waals surface area contributed by atoms with Gasteiger partial charge < -0.3 is 15.4 Å². The molecule has 1 aromatic rings. The largest absolute Gasteiger partial charge is 0.492 e. The molecule has 1 fully saturated rings. The second-order valence-corrected chi connectivity index (χ2v) is 4.88. The highest BCUT2D eigenvalue weighted by Crippen LogP contribution is 2.33. The quantitative estimate of drug-likeness (QED) is 0.861. The van der Waals surface area contributed by atoms with Crippen LogP contribution in [0.4, 0.5) is 18.9 Å². The van der Waals surface area contributed by atoms with Crippen LogP contribution in [0.2, 0.25) is 0 Å². The molecule has 1 aliphatic heterocycles. The molecule has 1 aromatic carbocycles. The number of hydrogen-bond donors (Lipinski definition) is 1. The Labute approximate surface area is 110 Å². The number of likely N-dealkylation sites (tertiary alicyclic amines) is 1. The maximum atomic E-state index is 12.6. The predicted molar refractivity (Wildman–Crippen MR) is 67.0 cm³/mol. The predicted octanol–water partition coefficient (Wildman–Crippen LogP) is 2.76. The summed E-state index contributed by atoms with van der Waals surface area (Å²) in [7, 11) is 1.99. The fraction of sp³-hybridized carbons (Fsp3) is 0.538. The summed E-state index contributed by atoms with van der Waals surface area (Å²) in [5.41, 5.74) is 4.76. The molecule has 2 rings (SSSR count). The lowest BCUT2D eigenvalue weighted by Gasteiger charge is -2.20. The number of halogens is 3. The van der Waals surface area contributed by atoms with Gasteiger partial charge in [-0.15, -0.1) is 0 Å². The van der Waals surface area contributed by atoms with Gasteiger partial charge in [-0.2, -0.15) is 13.2 Å². The van der Waals surface area contributed by atoms with Gasteiger partial charge in [-0.25, -0.2) is 0 Å². The van der Waals surface area contributed by atoms with E-state index in [1.807, 2.05) is 7.05 Å². The number of likely N-dealkylation sites (N-methyl/N-ethyl adjacent to an activating group) is 1. The maximum absolute atomic E-state index is 12.6. The fourth-order valence-corrected chi connectivity index (χ4v) is 2.25. The van der Waals surface area contributed by atoms with Crippen LogP contribution in [0.1, 0.15) is 18.4 Å².